The van der Waals surface area contributed by atoms with Gasteiger partial charge in [-0.25, -0.2) is 0 Å². The van der Waals surface area contributed by atoms with Gasteiger partial charge >= 0.3 is 0 Å². The van der Waals surface area contributed by atoms with Crippen LogP contribution in [0.2, 0.25) is 0 Å². The van der Waals surface area contributed by atoms with Gasteiger partial charge in [0.25, 0.3) is 0 Å². The molecule has 1 aliphatic heterocycles. The van der Waals surface area contributed by atoms with E-state index in [9.17, 15) is 0 Å². The summed E-state index contributed by atoms with van der Waals surface area (Å²) >= 11 is 3.51. The van der Waals surface area contributed by atoms with Crippen LogP contribution < -0.4 is 4.90 Å². The minimum absolute atomic E-state index is 0.599. The van der Waals surface area contributed by atoms with Gasteiger partial charge in [0, 0.05) is 36.7 Å². The van der Waals surface area contributed by atoms with Crippen LogP contribution in [0.3, 0.4) is 0 Å². The maximum atomic E-state index is 3.51. The van der Waals surface area contributed by atoms with Crippen molar-refractivity contribution in [3.8, 4) is 0 Å². The molecule has 17 heavy (non-hydrogen) atoms. The van der Waals surface area contributed by atoms with Crippen LogP contribution in [0.4, 0.5) is 5.69 Å². The molecule has 1 aliphatic rings. The van der Waals surface area contributed by atoms with E-state index in [0.717, 1.165) is 25.0 Å². The summed E-state index contributed by atoms with van der Waals surface area (Å²) in [5.74, 6) is 0. The molecule has 1 atom stereocenters. The molecule has 1 heterocycles. The molecule has 3 heteroatoms. The topological polar surface area (TPSA) is 6.48 Å². The largest absolute Gasteiger partial charge is 0.366 e. The van der Waals surface area contributed by atoms with Gasteiger partial charge in [0.2, 0.25) is 0 Å². The highest BCUT2D eigenvalue weighted by atomic mass is 79.9. The summed E-state index contributed by atoms with van der Waals surface area (Å²) in [6.45, 7) is 7.97. The van der Waals surface area contributed by atoms with Crippen molar-refractivity contribution >= 4 is 21.6 Å². The summed E-state index contributed by atoms with van der Waals surface area (Å²) in [7, 11) is 2.20. The highest BCUT2D eigenvalue weighted by Gasteiger charge is 2.22. The molecule has 2 nitrogen and oxygen atoms in total. The van der Waals surface area contributed by atoms with Crippen LogP contribution in [-0.4, -0.2) is 37.6 Å². The molecule has 1 saturated heterocycles. The van der Waals surface area contributed by atoms with Crippen molar-refractivity contribution in [3.63, 3.8) is 0 Å². The predicted molar refractivity (Wildman–Crippen MR) is 78.1 cm³/mol. The molecule has 94 valence electrons. The number of alkyl halides is 1. The van der Waals surface area contributed by atoms with Crippen LogP contribution >= 0.6 is 15.9 Å². The third-order valence-electron chi connectivity index (χ3n) is 3.56. The first-order valence-electron chi connectivity index (χ1n) is 6.22. The lowest BCUT2D eigenvalue weighted by Crippen LogP contribution is -2.50. The van der Waals surface area contributed by atoms with Crippen molar-refractivity contribution in [2.24, 2.45) is 0 Å². The Bertz CT molecular complexity index is 392. The third-order valence-corrected chi connectivity index (χ3v) is 4.20. The molecule has 1 unspecified atom stereocenters. The van der Waals surface area contributed by atoms with E-state index >= 15 is 0 Å². The minimum atomic E-state index is 0.599. The molecule has 1 fully saturated rings. The van der Waals surface area contributed by atoms with E-state index in [4.69, 9.17) is 0 Å². The van der Waals surface area contributed by atoms with Crippen LogP contribution in [0.25, 0.3) is 0 Å². The quantitative estimate of drug-likeness (QED) is 0.774. The molecular formula is C14H21BrN2. The average Bonchev–Trinajstić information content (AvgIpc) is 2.30. The fourth-order valence-electron chi connectivity index (χ4n) is 2.62. The zero-order valence-corrected chi connectivity index (χ0v) is 12.5. The smallest absolute Gasteiger partial charge is 0.0399 e. The molecule has 0 aromatic heterocycles. The van der Waals surface area contributed by atoms with Crippen molar-refractivity contribution in [3.05, 3.63) is 29.3 Å². The normalized spacial score (nSPS) is 21.9. The summed E-state index contributed by atoms with van der Waals surface area (Å²) in [5, 5.41) is 0.937. The highest BCUT2D eigenvalue weighted by molar-refractivity contribution is 9.08. The zero-order chi connectivity index (χ0) is 12.4. The molecule has 0 aliphatic carbocycles. The summed E-state index contributed by atoms with van der Waals surface area (Å²) in [6, 6.07) is 7.38. The van der Waals surface area contributed by atoms with Crippen LogP contribution in [0, 0.1) is 6.92 Å². The van der Waals surface area contributed by atoms with Crippen molar-refractivity contribution in [1.82, 2.24) is 4.90 Å². The molecular weight excluding hydrogens is 276 g/mol. The van der Waals surface area contributed by atoms with Crippen molar-refractivity contribution < 1.29 is 0 Å². The molecule has 2 rings (SSSR count). The number of piperazine rings is 1. The van der Waals surface area contributed by atoms with Crippen LogP contribution in [0.5, 0.6) is 0 Å². The van der Waals surface area contributed by atoms with Gasteiger partial charge in [-0.05, 0) is 38.1 Å². The van der Waals surface area contributed by atoms with E-state index in [0.29, 0.717) is 6.04 Å². The van der Waals surface area contributed by atoms with Gasteiger partial charge in [0.05, 0.1) is 0 Å². The molecule has 0 amide bonds. The van der Waals surface area contributed by atoms with Gasteiger partial charge in [0.1, 0.15) is 0 Å². The number of aryl methyl sites for hydroxylation is 1. The standard InChI is InChI=1S/C14H21BrN2/c1-11-8-13(9-15)4-5-14(11)17-7-6-16(3)10-12(17)2/h4-5,8,12H,6-7,9-10H2,1-3H3. The maximum absolute atomic E-state index is 3.51. The molecule has 1 aromatic rings. The first-order valence-corrected chi connectivity index (χ1v) is 7.34. The lowest BCUT2D eigenvalue weighted by molar-refractivity contribution is 0.275. The molecule has 0 N–H and O–H groups in total. The Morgan fingerprint density at radius 1 is 1.35 bits per heavy atom. The van der Waals surface area contributed by atoms with E-state index in [1.807, 2.05) is 0 Å². The summed E-state index contributed by atoms with van der Waals surface area (Å²) < 4.78 is 0. The van der Waals surface area contributed by atoms with Crippen molar-refractivity contribution in [2.45, 2.75) is 25.2 Å². The van der Waals surface area contributed by atoms with Gasteiger partial charge in [-0.2, -0.15) is 0 Å². The Hall–Kier alpha value is -0.540. The number of hydrogen-bond acceptors (Lipinski definition) is 2. The molecule has 1 aromatic carbocycles. The van der Waals surface area contributed by atoms with Crippen LogP contribution in [0.15, 0.2) is 18.2 Å². The SMILES string of the molecule is Cc1cc(CBr)ccc1N1CCN(C)CC1C. The lowest BCUT2D eigenvalue weighted by atomic mass is 10.1. The second kappa shape index (κ2) is 5.40. The van der Waals surface area contributed by atoms with Crippen LogP contribution in [-0.2, 0) is 5.33 Å². The lowest BCUT2D eigenvalue weighted by Gasteiger charge is -2.40. The second-order valence-electron chi connectivity index (χ2n) is 5.06. The van der Waals surface area contributed by atoms with Crippen molar-refractivity contribution in [1.29, 1.82) is 0 Å². The minimum Gasteiger partial charge on any atom is -0.366 e. The number of rotatable bonds is 2. The first kappa shape index (κ1) is 12.9. The number of halogens is 1. The van der Waals surface area contributed by atoms with E-state index in [1.54, 1.807) is 0 Å². The number of benzene rings is 1. The highest BCUT2D eigenvalue weighted by Crippen LogP contribution is 2.25. The number of likely N-dealkylation sites (N-methyl/N-ethyl adjacent to an activating group) is 1. The fourth-order valence-corrected chi connectivity index (χ4v) is 2.97. The fraction of sp³-hybridized carbons (Fsp3) is 0.571. The Kier molecular flexibility index (Phi) is 4.10. The Morgan fingerprint density at radius 2 is 2.12 bits per heavy atom. The van der Waals surface area contributed by atoms with Gasteiger partial charge in [-0.1, -0.05) is 28.1 Å². The van der Waals surface area contributed by atoms with Gasteiger partial charge in [0.15, 0.2) is 0 Å². The predicted octanol–water partition coefficient (Wildman–Crippen LogP) is 3.03. The Labute approximate surface area is 113 Å². The summed E-state index contributed by atoms with van der Waals surface area (Å²) in [6.07, 6.45) is 0. The Balaban J connectivity index is 2.22. The molecule has 0 radical (unpaired) electrons. The zero-order valence-electron chi connectivity index (χ0n) is 10.9. The third kappa shape index (κ3) is 2.83. The van der Waals surface area contributed by atoms with E-state index in [1.165, 1.54) is 16.8 Å². The van der Waals surface area contributed by atoms with Gasteiger partial charge in [-0.3, -0.25) is 0 Å². The van der Waals surface area contributed by atoms with Gasteiger partial charge in [-0.15, -0.1) is 0 Å². The first-order chi connectivity index (χ1) is 8.11. The Morgan fingerprint density at radius 3 is 2.71 bits per heavy atom. The van der Waals surface area contributed by atoms with Gasteiger partial charge < -0.3 is 9.80 Å². The van der Waals surface area contributed by atoms with Crippen LogP contribution in [0.1, 0.15) is 18.1 Å². The van der Waals surface area contributed by atoms with E-state index in [-0.39, 0.29) is 0 Å². The number of anilines is 1. The van der Waals surface area contributed by atoms with E-state index in [2.05, 4.69) is 64.8 Å². The van der Waals surface area contributed by atoms with E-state index < -0.39 is 0 Å². The monoisotopic (exact) mass is 296 g/mol. The molecule has 0 saturated carbocycles. The number of hydrogen-bond donors (Lipinski definition) is 0. The molecule has 0 bridgehead atoms. The summed E-state index contributed by atoms with van der Waals surface area (Å²) in [5.41, 5.74) is 4.14. The molecule has 0 spiro atoms. The second-order valence-corrected chi connectivity index (χ2v) is 5.62. The van der Waals surface area contributed by atoms with Crippen molar-refractivity contribution in [2.75, 3.05) is 31.6 Å². The average molecular weight is 297 g/mol. The maximum Gasteiger partial charge on any atom is 0.0399 e. The summed E-state index contributed by atoms with van der Waals surface area (Å²) in [4.78, 5) is 4.94. The number of nitrogens with zero attached hydrogens (tertiary/aromatic N) is 2.